The second kappa shape index (κ2) is 6.19. The van der Waals surface area contributed by atoms with Crippen molar-refractivity contribution in [2.24, 2.45) is 0 Å². The summed E-state index contributed by atoms with van der Waals surface area (Å²) in [6.45, 7) is 1.83. The SMILES string of the molecule is Cc1nc(Br)ccc1NC(=O)c1ccc(I)c(Cl)c1. The summed E-state index contributed by atoms with van der Waals surface area (Å²) in [5, 5.41) is 3.39. The van der Waals surface area contributed by atoms with Crippen LogP contribution in [-0.2, 0) is 0 Å². The van der Waals surface area contributed by atoms with Gasteiger partial charge in [-0.3, -0.25) is 4.79 Å². The van der Waals surface area contributed by atoms with E-state index in [-0.39, 0.29) is 5.91 Å². The van der Waals surface area contributed by atoms with Crippen molar-refractivity contribution in [2.75, 3.05) is 5.32 Å². The number of nitrogens with zero attached hydrogens (tertiary/aromatic N) is 1. The van der Waals surface area contributed by atoms with Crippen LogP contribution in [0.4, 0.5) is 5.69 Å². The molecule has 1 heterocycles. The molecule has 0 spiro atoms. The maximum Gasteiger partial charge on any atom is 0.255 e. The van der Waals surface area contributed by atoms with E-state index in [4.69, 9.17) is 11.6 Å². The van der Waals surface area contributed by atoms with Crippen molar-refractivity contribution >= 4 is 61.7 Å². The van der Waals surface area contributed by atoms with Gasteiger partial charge in [-0.15, -0.1) is 0 Å². The van der Waals surface area contributed by atoms with Gasteiger partial charge in [0.2, 0.25) is 0 Å². The Morgan fingerprint density at radius 3 is 2.74 bits per heavy atom. The largest absolute Gasteiger partial charge is 0.320 e. The van der Waals surface area contributed by atoms with Crippen LogP contribution in [0.5, 0.6) is 0 Å². The van der Waals surface area contributed by atoms with Gasteiger partial charge in [-0.1, -0.05) is 11.6 Å². The lowest BCUT2D eigenvalue weighted by atomic mass is 10.2. The molecule has 1 amide bonds. The highest BCUT2D eigenvalue weighted by atomic mass is 127. The van der Waals surface area contributed by atoms with E-state index in [1.807, 2.05) is 13.0 Å². The quantitative estimate of drug-likeness (QED) is 0.533. The third-order valence-electron chi connectivity index (χ3n) is 2.48. The summed E-state index contributed by atoms with van der Waals surface area (Å²) in [6, 6.07) is 8.79. The van der Waals surface area contributed by atoms with E-state index >= 15 is 0 Å². The minimum atomic E-state index is -0.203. The molecule has 98 valence electrons. The van der Waals surface area contributed by atoms with Crippen molar-refractivity contribution in [1.29, 1.82) is 0 Å². The summed E-state index contributed by atoms with van der Waals surface area (Å²) in [5.74, 6) is -0.203. The van der Waals surface area contributed by atoms with Crippen molar-refractivity contribution in [2.45, 2.75) is 6.92 Å². The normalized spacial score (nSPS) is 10.3. The van der Waals surface area contributed by atoms with E-state index in [0.29, 0.717) is 16.3 Å². The molecule has 1 aromatic carbocycles. The highest BCUT2D eigenvalue weighted by Gasteiger charge is 2.10. The number of rotatable bonds is 2. The van der Waals surface area contributed by atoms with Crippen LogP contribution >= 0.6 is 50.1 Å². The second-order valence-corrected chi connectivity index (χ2v) is 6.23. The minimum absolute atomic E-state index is 0.203. The van der Waals surface area contributed by atoms with E-state index in [9.17, 15) is 4.79 Å². The molecule has 0 saturated heterocycles. The standard InChI is InChI=1S/C13H9BrClIN2O/c1-7-11(4-5-12(14)17-7)18-13(19)8-2-3-10(16)9(15)6-8/h2-6H,1H3,(H,18,19). The van der Waals surface area contributed by atoms with E-state index in [1.54, 1.807) is 24.3 Å². The Balaban J connectivity index is 2.23. The molecule has 0 aliphatic rings. The molecule has 0 atom stereocenters. The smallest absolute Gasteiger partial charge is 0.255 e. The van der Waals surface area contributed by atoms with Crippen LogP contribution in [0, 0.1) is 10.5 Å². The molecule has 2 aromatic rings. The summed E-state index contributed by atoms with van der Waals surface area (Å²) in [5.41, 5.74) is 1.95. The minimum Gasteiger partial charge on any atom is -0.320 e. The summed E-state index contributed by atoms with van der Waals surface area (Å²) in [4.78, 5) is 16.3. The van der Waals surface area contributed by atoms with Gasteiger partial charge in [0, 0.05) is 9.13 Å². The van der Waals surface area contributed by atoms with Crippen molar-refractivity contribution in [3.8, 4) is 0 Å². The Bertz CT molecular complexity index is 649. The Morgan fingerprint density at radius 1 is 1.37 bits per heavy atom. The molecule has 0 fully saturated rings. The van der Waals surface area contributed by atoms with Crippen LogP contribution in [0.2, 0.25) is 5.02 Å². The zero-order valence-electron chi connectivity index (χ0n) is 9.88. The van der Waals surface area contributed by atoms with Gasteiger partial charge in [-0.2, -0.15) is 0 Å². The van der Waals surface area contributed by atoms with Crippen molar-refractivity contribution in [1.82, 2.24) is 4.98 Å². The molecule has 1 aromatic heterocycles. The van der Waals surface area contributed by atoms with E-state index in [1.165, 1.54) is 0 Å². The van der Waals surface area contributed by atoms with Gasteiger partial charge in [0.05, 0.1) is 16.4 Å². The van der Waals surface area contributed by atoms with Gasteiger partial charge in [-0.05, 0) is 75.8 Å². The second-order valence-electron chi connectivity index (χ2n) is 3.85. The molecule has 0 aliphatic carbocycles. The van der Waals surface area contributed by atoms with Gasteiger partial charge >= 0.3 is 0 Å². The fourth-order valence-corrected chi connectivity index (χ4v) is 2.41. The van der Waals surface area contributed by atoms with E-state index in [0.717, 1.165) is 13.9 Å². The van der Waals surface area contributed by atoms with Crippen molar-refractivity contribution in [3.05, 3.63) is 54.8 Å². The number of pyridine rings is 1. The van der Waals surface area contributed by atoms with Gasteiger partial charge in [0.15, 0.2) is 0 Å². The number of halogens is 3. The number of aryl methyl sites for hydroxylation is 1. The first-order chi connectivity index (χ1) is 8.97. The summed E-state index contributed by atoms with van der Waals surface area (Å²) in [7, 11) is 0. The Hall–Kier alpha value is -0.660. The molecule has 0 bridgehead atoms. The van der Waals surface area contributed by atoms with Crippen LogP contribution in [0.25, 0.3) is 0 Å². The highest BCUT2D eigenvalue weighted by Crippen LogP contribution is 2.21. The van der Waals surface area contributed by atoms with Crippen molar-refractivity contribution < 1.29 is 4.79 Å². The van der Waals surface area contributed by atoms with Crippen LogP contribution in [0.1, 0.15) is 16.1 Å². The Kier molecular flexibility index (Phi) is 4.81. The number of hydrogen-bond donors (Lipinski definition) is 1. The summed E-state index contributed by atoms with van der Waals surface area (Å²) >= 11 is 11.4. The molecular formula is C13H9BrClIN2O. The fraction of sp³-hybridized carbons (Fsp3) is 0.0769. The molecule has 1 N–H and O–H groups in total. The number of aromatic nitrogens is 1. The van der Waals surface area contributed by atoms with Crippen LogP contribution in [0.3, 0.4) is 0 Å². The van der Waals surface area contributed by atoms with Crippen LogP contribution < -0.4 is 5.32 Å². The zero-order chi connectivity index (χ0) is 14.0. The van der Waals surface area contributed by atoms with Crippen molar-refractivity contribution in [3.63, 3.8) is 0 Å². The predicted octanol–water partition coefficient (Wildman–Crippen LogP) is 4.66. The summed E-state index contributed by atoms with van der Waals surface area (Å²) < 4.78 is 1.65. The Morgan fingerprint density at radius 2 is 2.11 bits per heavy atom. The lowest BCUT2D eigenvalue weighted by Gasteiger charge is -2.08. The third kappa shape index (κ3) is 3.67. The molecule has 3 nitrogen and oxygen atoms in total. The number of nitrogens with one attached hydrogen (secondary N) is 1. The first kappa shape index (κ1) is 14.7. The first-order valence-corrected chi connectivity index (χ1v) is 7.62. The van der Waals surface area contributed by atoms with E-state index < -0.39 is 0 Å². The molecule has 0 radical (unpaired) electrons. The summed E-state index contributed by atoms with van der Waals surface area (Å²) in [6.07, 6.45) is 0. The van der Waals surface area contributed by atoms with Gasteiger partial charge in [0.25, 0.3) is 5.91 Å². The molecule has 2 rings (SSSR count). The van der Waals surface area contributed by atoms with E-state index in [2.05, 4.69) is 48.8 Å². The van der Waals surface area contributed by atoms with Gasteiger partial charge < -0.3 is 5.32 Å². The maximum absolute atomic E-state index is 12.1. The zero-order valence-corrected chi connectivity index (χ0v) is 14.4. The lowest BCUT2D eigenvalue weighted by molar-refractivity contribution is 0.102. The predicted molar refractivity (Wildman–Crippen MR) is 88.8 cm³/mol. The monoisotopic (exact) mass is 450 g/mol. The number of anilines is 1. The average molecular weight is 451 g/mol. The number of hydrogen-bond acceptors (Lipinski definition) is 2. The molecule has 0 saturated carbocycles. The molecule has 0 aliphatic heterocycles. The maximum atomic E-state index is 12.1. The molecule has 0 unspecified atom stereocenters. The fourth-order valence-electron chi connectivity index (χ4n) is 1.49. The number of carbonyl (C=O) groups excluding carboxylic acids is 1. The van der Waals surface area contributed by atoms with Gasteiger partial charge in [-0.25, -0.2) is 4.98 Å². The topological polar surface area (TPSA) is 42.0 Å². The third-order valence-corrected chi connectivity index (χ3v) is 4.50. The average Bonchev–Trinajstić information content (AvgIpc) is 2.36. The molecule has 6 heteroatoms. The molecular weight excluding hydrogens is 442 g/mol. The number of amides is 1. The van der Waals surface area contributed by atoms with Gasteiger partial charge in [0.1, 0.15) is 4.60 Å². The van der Waals surface area contributed by atoms with Crippen LogP contribution in [-0.4, -0.2) is 10.9 Å². The number of carbonyl (C=O) groups is 1. The molecule has 19 heavy (non-hydrogen) atoms. The Labute approximate surface area is 138 Å². The first-order valence-electron chi connectivity index (χ1n) is 5.37. The van der Waals surface area contributed by atoms with Crippen LogP contribution in [0.15, 0.2) is 34.9 Å². The highest BCUT2D eigenvalue weighted by molar-refractivity contribution is 14.1. The number of benzene rings is 1. The lowest BCUT2D eigenvalue weighted by Crippen LogP contribution is -2.13.